The average Bonchev–Trinajstić information content (AvgIpc) is 1.71. The lowest BCUT2D eigenvalue weighted by Gasteiger charge is -2.28. The van der Waals surface area contributed by atoms with Crippen LogP contribution >= 0.6 is 11.8 Å². The van der Waals surface area contributed by atoms with Gasteiger partial charge in [-0.1, -0.05) is 66.2 Å². The molecule has 0 saturated carbocycles. The molecule has 30 nitrogen and oxygen atoms in total. The van der Waals surface area contributed by atoms with Gasteiger partial charge in [-0.3, -0.25) is 52.7 Å². The van der Waals surface area contributed by atoms with Crippen molar-refractivity contribution in [3.8, 4) is 0 Å². The molecule has 0 saturated heterocycles. The molecule has 2 rings (SSSR count). The lowest BCUT2D eigenvalue weighted by molar-refractivity contribution is -0.142. The molecular formula is C64H111N17O13S. The Balaban J connectivity index is 2.46. The largest absolute Gasteiger partial charge is 0.480 e. The van der Waals surface area contributed by atoms with E-state index in [1.54, 1.807) is 36.7 Å². The molecule has 2 aromatic rings. The highest BCUT2D eigenvalue weighted by Gasteiger charge is 2.36. The number of para-hydroxylation sites is 1. The first kappa shape index (κ1) is 83.6. The van der Waals surface area contributed by atoms with Crippen molar-refractivity contribution >= 4 is 93.6 Å². The van der Waals surface area contributed by atoms with Crippen molar-refractivity contribution in [2.45, 2.75) is 218 Å². The second kappa shape index (κ2) is 45.8. The van der Waals surface area contributed by atoms with Gasteiger partial charge in [-0.15, -0.1) is 0 Å². The third-order valence-corrected chi connectivity index (χ3v) is 16.1. The summed E-state index contributed by atoms with van der Waals surface area (Å²) in [5.41, 5.74) is 36.0. The second-order valence-electron chi connectivity index (χ2n) is 25.3. The molecule has 10 atom stereocenters. The van der Waals surface area contributed by atoms with Crippen molar-refractivity contribution in [2.24, 2.45) is 52.2 Å². The van der Waals surface area contributed by atoms with Gasteiger partial charge in [0.05, 0.1) is 19.0 Å². The van der Waals surface area contributed by atoms with Crippen LogP contribution in [0, 0.1) is 17.8 Å². The van der Waals surface area contributed by atoms with Crippen molar-refractivity contribution in [2.75, 3.05) is 44.7 Å². The van der Waals surface area contributed by atoms with Crippen LogP contribution in [0.2, 0.25) is 0 Å². The smallest absolute Gasteiger partial charge is 0.326 e. The van der Waals surface area contributed by atoms with Crippen LogP contribution < -0.4 is 87.6 Å². The highest BCUT2D eigenvalue weighted by atomic mass is 32.2. The first-order chi connectivity index (χ1) is 45.1. The molecule has 0 fully saturated rings. The molecule has 24 N–H and O–H groups in total. The number of nitrogens with two attached hydrogens (primary N) is 6. The summed E-state index contributed by atoms with van der Waals surface area (Å²) < 4.78 is 0. The molecule has 0 aliphatic carbocycles. The Hall–Kier alpha value is -7.45. The number of unbranched alkanes of at least 4 members (excludes halogenated alkanes) is 4. The second-order valence-corrected chi connectivity index (χ2v) is 26.3. The maximum Gasteiger partial charge on any atom is 0.326 e. The number of thioether (sulfide) groups is 1. The van der Waals surface area contributed by atoms with Gasteiger partial charge in [-0.25, -0.2) is 4.79 Å². The van der Waals surface area contributed by atoms with E-state index in [4.69, 9.17) is 34.4 Å². The van der Waals surface area contributed by atoms with E-state index in [1.165, 1.54) is 11.8 Å². The molecule has 0 radical (unpaired) electrons. The van der Waals surface area contributed by atoms with Gasteiger partial charge >= 0.3 is 5.97 Å². The molecule has 11 amide bonds. The molecule has 1 aromatic carbocycles. The molecule has 0 spiro atoms. The van der Waals surface area contributed by atoms with Gasteiger partial charge in [0.15, 0.2) is 0 Å². The first-order valence-electron chi connectivity index (χ1n) is 33.2. The van der Waals surface area contributed by atoms with Crippen LogP contribution in [-0.2, 0) is 64.0 Å². The van der Waals surface area contributed by atoms with Crippen molar-refractivity contribution < 1.29 is 62.6 Å². The van der Waals surface area contributed by atoms with E-state index >= 15 is 0 Å². The number of primary amides is 1. The van der Waals surface area contributed by atoms with Crippen LogP contribution in [0.1, 0.15) is 156 Å². The number of amides is 11. The average molecular weight is 1360 g/mol. The fourth-order valence-electron chi connectivity index (χ4n) is 10.4. The number of carbonyl (C=O) groups excluding carboxylic acids is 11. The van der Waals surface area contributed by atoms with Crippen molar-refractivity contribution in [1.29, 1.82) is 0 Å². The topological polar surface area (TPSA) is 517 Å². The van der Waals surface area contributed by atoms with Crippen LogP contribution in [0.25, 0.3) is 10.9 Å². The minimum absolute atomic E-state index is 0.0230. The summed E-state index contributed by atoms with van der Waals surface area (Å²) in [4.78, 5) is 168. The number of aromatic amines is 1. The quantitative estimate of drug-likeness (QED) is 0.0349. The maximum absolute atomic E-state index is 14.7. The van der Waals surface area contributed by atoms with Gasteiger partial charge in [0, 0.05) is 23.5 Å². The number of carboxylic acids is 1. The Morgan fingerprint density at radius 3 is 1.29 bits per heavy atom. The van der Waals surface area contributed by atoms with Crippen molar-refractivity contribution in [3.05, 3.63) is 36.0 Å². The number of H-pyrrole nitrogens is 1. The van der Waals surface area contributed by atoms with E-state index in [0.29, 0.717) is 86.7 Å². The predicted octanol–water partition coefficient (Wildman–Crippen LogP) is -1.12. The molecule has 95 heavy (non-hydrogen) atoms. The maximum atomic E-state index is 14.7. The van der Waals surface area contributed by atoms with E-state index in [0.717, 1.165) is 0 Å². The summed E-state index contributed by atoms with van der Waals surface area (Å²) in [7, 11) is 0. The summed E-state index contributed by atoms with van der Waals surface area (Å²) in [6.07, 6.45) is 7.22. The highest BCUT2D eigenvalue weighted by Crippen LogP contribution is 2.20. The number of carbonyl (C=O) groups is 12. The number of nitrogens with one attached hydrogen (secondary N) is 11. The van der Waals surface area contributed by atoms with E-state index < -0.39 is 144 Å². The van der Waals surface area contributed by atoms with Crippen LogP contribution in [0.5, 0.6) is 0 Å². The highest BCUT2D eigenvalue weighted by molar-refractivity contribution is 7.98. The summed E-state index contributed by atoms with van der Waals surface area (Å²) in [5.74, 6) is -10.2. The third-order valence-electron chi connectivity index (χ3n) is 15.5. The number of rotatable bonds is 50. The molecule has 0 unspecified atom stereocenters. The Bertz CT molecular complexity index is 2770. The summed E-state index contributed by atoms with van der Waals surface area (Å²) in [6, 6.07) is -5.64. The molecule has 0 aliphatic rings. The molecule has 1 heterocycles. The van der Waals surface area contributed by atoms with Gasteiger partial charge in [-0.05, 0) is 164 Å². The van der Waals surface area contributed by atoms with Gasteiger partial charge < -0.3 is 97.7 Å². The Labute approximate surface area is 562 Å². The number of hydrogen-bond acceptors (Lipinski definition) is 18. The number of carboxylic acid groups (broad SMARTS) is 1. The lowest BCUT2D eigenvalue weighted by Crippen LogP contribution is -2.60. The lowest BCUT2D eigenvalue weighted by atomic mass is 9.99. The van der Waals surface area contributed by atoms with E-state index in [-0.39, 0.29) is 88.6 Å². The van der Waals surface area contributed by atoms with E-state index in [1.807, 2.05) is 41.5 Å². The molecular weight excluding hydrogens is 1250 g/mol. The number of hydrogen-bond donors (Lipinski definition) is 18. The monoisotopic (exact) mass is 1360 g/mol. The molecule has 536 valence electrons. The van der Waals surface area contributed by atoms with Crippen molar-refractivity contribution in [1.82, 2.24) is 58.2 Å². The van der Waals surface area contributed by atoms with E-state index in [2.05, 4.69) is 58.2 Å². The Morgan fingerprint density at radius 2 is 0.842 bits per heavy atom. The minimum Gasteiger partial charge on any atom is -0.480 e. The number of aromatic nitrogens is 1. The van der Waals surface area contributed by atoms with Crippen LogP contribution in [-0.4, -0.2) is 186 Å². The third kappa shape index (κ3) is 32.7. The summed E-state index contributed by atoms with van der Waals surface area (Å²) in [5, 5.41) is 37.0. The number of benzene rings is 1. The molecule has 0 aliphatic heterocycles. The number of aliphatic carboxylic acids is 1. The van der Waals surface area contributed by atoms with Crippen LogP contribution in [0.4, 0.5) is 0 Å². The van der Waals surface area contributed by atoms with Gasteiger partial charge in [-0.2, -0.15) is 11.8 Å². The molecule has 31 heteroatoms. The summed E-state index contributed by atoms with van der Waals surface area (Å²) >= 11 is 1.40. The van der Waals surface area contributed by atoms with Gasteiger partial charge in [0.25, 0.3) is 0 Å². The van der Waals surface area contributed by atoms with Gasteiger partial charge in [0.2, 0.25) is 65.0 Å². The van der Waals surface area contributed by atoms with E-state index in [9.17, 15) is 62.6 Å². The zero-order valence-corrected chi connectivity index (χ0v) is 57.4. The molecule has 1 aromatic heterocycles. The number of fused-ring (bicyclic) bond motifs is 1. The standard InChI is InChI=1S/C64H111N17O13S/c1-37(2)30-48(77-61(90)50(32-39(5)6)79-58(87)45(22-12-16-27-67)74-55(84)42(69)19-10-14-25-65)56(85)72-36-54(83)73-44(21-11-15-26-66)57(86)81-52(34-53(70)82)63(92)80-51(33-40-35-71-43-20-9-8-18-41(40)43)62(91)75-46(23-13-17-28-68)59(88)78-49(31-38(3)4)60(89)76-47(64(93)94)24-29-95-7/h8-9,18,20,35,37-39,42,44-52,71H,10-17,19,21-34,36,65-69H2,1-7H3,(H2,70,82)(H,72,85)(H,73,83)(H,74,84)(H,75,91)(H,76,89)(H,77,90)(H,78,88)(H,79,87)(H,80,92)(H,81,86)(H,93,94)/t42-,44-,45-,46-,47-,48-,49-,50-,51-,52-/m0/s1. The first-order valence-corrected chi connectivity index (χ1v) is 34.6. The Kier molecular flexibility index (Phi) is 40.4. The SMILES string of the molecule is CSCC[C@H](NC(=O)[C@H](CC(C)C)NC(=O)[C@H](CCCCN)NC(=O)[C@H](Cc1c[nH]c2ccccc12)NC(=O)[C@H](CC(N)=O)NC(=O)[C@H](CCCCN)NC(=O)CNC(=O)[C@H](CC(C)C)NC(=O)[C@H](CC(C)C)NC(=O)[C@H](CCCCN)NC(=O)[C@@H](N)CCCCN)C(=O)O. The zero-order valence-electron chi connectivity index (χ0n) is 56.6. The fourth-order valence-corrected chi connectivity index (χ4v) is 10.9. The Morgan fingerprint density at radius 1 is 0.463 bits per heavy atom. The normalized spacial score (nSPS) is 14.6. The summed E-state index contributed by atoms with van der Waals surface area (Å²) in [6.45, 7) is 11.5. The predicted molar refractivity (Wildman–Crippen MR) is 365 cm³/mol. The van der Waals surface area contributed by atoms with Crippen LogP contribution in [0.15, 0.2) is 30.5 Å². The van der Waals surface area contributed by atoms with Crippen LogP contribution in [0.3, 0.4) is 0 Å². The minimum atomic E-state index is -1.75. The zero-order chi connectivity index (χ0) is 71.2. The van der Waals surface area contributed by atoms with Gasteiger partial charge in [0.1, 0.15) is 54.4 Å². The fraction of sp³-hybridized carbons (Fsp3) is 0.688. The molecule has 0 bridgehead atoms. The van der Waals surface area contributed by atoms with Crippen molar-refractivity contribution in [3.63, 3.8) is 0 Å².